The maximum atomic E-state index is 12.4. The number of carbonyl (C=O) groups is 1. The van der Waals surface area contributed by atoms with Gasteiger partial charge in [0.2, 0.25) is 0 Å². The molecule has 1 fully saturated rings. The maximum Gasteiger partial charge on any atom is 0.317 e. The predicted octanol–water partition coefficient (Wildman–Crippen LogP) is 2.57. The largest absolute Gasteiger partial charge is 0.618 e. The van der Waals surface area contributed by atoms with E-state index >= 15 is 0 Å². The van der Waals surface area contributed by atoms with Gasteiger partial charge in [-0.25, -0.2) is 0 Å². The molecule has 1 aliphatic rings. The molecule has 1 aromatic carbocycles. The third kappa shape index (κ3) is 3.07. The first kappa shape index (κ1) is 16.3. The van der Waals surface area contributed by atoms with Crippen molar-refractivity contribution in [3.8, 4) is 5.75 Å². The Hall–Kier alpha value is -2.56. The first-order valence-corrected chi connectivity index (χ1v) is 8.26. The molecule has 3 rings (SSSR count). The lowest BCUT2D eigenvalue weighted by molar-refractivity contribution is -0.607. The number of para-hydroxylation sites is 1. The fourth-order valence-corrected chi connectivity index (χ4v) is 3.62. The Balaban J connectivity index is 1.82. The van der Waals surface area contributed by atoms with E-state index < -0.39 is 0 Å². The Morgan fingerprint density at radius 1 is 1.21 bits per heavy atom. The summed E-state index contributed by atoms with van der Waals surface area (Å²) in [7, 11) is 1.67. The van der Waals surface area contributed by atoms with Crippen LogP contribution >= 0.6 is 0 Å². The highest BCUT2D eigenvalue weighted by atomic mass is 16.5. The molecule has 2 aromatic rings. The minimum absolute atomic E-state index is 0.116. The van der Waals surface area contributed by atoms with Crippen LogP contribution in [-0.2, 0) is 5.41 Å². The normalized spacial score (nSPS) is 15.9. The summed E-state index contributed by atoms with van der Waals surface area (Å²) in [5.74, 6) is 0.513. The number of aromatic nitrogens is 1. The molecule has 0 spiro atoms. The quantitative estimate of drug-likeness (QED) is 0.678. The zero-order valence-corrected chi connectivity index (χ0v) is 13.8. The Morgan fingerprint density at radius 2 is 1.92 bits per heavy atom. The summed E-state index contributed by atoms with van der Waals surface area (Å²) in [6.45, 7) is 0.501. The number of amides is 1. The number of methoxy groups -OCH3 is 1. The van der Waals surface area contributed by atoms with Gasteiger partial charge in [0.1, 0.15) is 5.75 Å². The summed E-state index contributed by atoms with van der Waals surface area (Å²) < 4.78 is 6.12. The van der Waals surface area contributed by atoms with Crippen LogP contribution in [0.3, 0.4) is 0 Å². The van der Waals surface area contributed by atoms with Gasteiger partial charge < -0.3 is 15.3 Å². The van der Waals surface area contributed by atoms with E-state index in [-0.39, 0.29) is 17.0 Å². The predicted molar refractivity (Wildman–Crippen MR) is 90.9 cm³/mol. The van der Waals surface area contributed by atoms with Crippen molar-refractivity contribution in [3.05, 3.63) is 65.1 Å². The van der Waals surface area contributed by atoms with E-state index in [9.17, 15) is 10.0 Å². The van der Waals surface area contributed by atoms with Crippen molar-refractivity contribution < 1.29 is 14.3 Å². The first-order chi connectivity index (χ1) is 11.7. The number of ether oxygens (including phenoxy) is 1. The second-order valence-corrected chi connectivity index (χ2v) is 6.28. The standard InChI is InChI=1S/C19H22N2O3/c1-24-17-10-3-2-8-15(17)19(11-5-6-12-19)14-20-18(22)16-9-4-7-13-21(16)23/h2-4,7-10,13H,5-6,11-12,14H2,1H3,(H,20,22). The van der Waals surface area contributed by atoms with Crippen LogP contribution in [0.4, 0.5) is 0 Å². The van der Waals surface area contributed by atoms with Crippen molar-refractivity contribution in [1.82, 2.24) is 5.32 Å². The van der Waals surface area contributed by atoms with Crippen LogP contribution in [0, 0.1) is 5.21 Å². The Labute approximate surface area is 141 Å². The van der Waals surface area contributed by atoms with E-state index in [2.05, 4.69) is 11.4 Å². The van der Waals surface area contributed by atoms with E-state index in [0.29, 0.717) is 11.3 Å². The molecule has 5 nitrogen and oxygen atoms in total. The van der Waals surface area contributed by atoms with Gasteiger partial charge in [-0.1, -0.05) is 31.0 Å². The van der Waals surface area contributed by atoms with Crippen LogP contribution in [0.25, 0.3) is 0 Å². The van der Waals surface area contributed by atoms with Crippen LogP contribution in [-0.4, -0.2) is 19.6 Å². The molecule has 24 heavy (non-hydrogen) atoms. The lowest BCUT2D eigenvalue weighted by Gasteiger charge is -2.31. The molecule has 1 saturated carbocycles. The second kappa shape index (κ2) is 6.91. The Bertz CT molecular complexity index is 724. The van der Waals surface area contributed by atoms with Gasteiger partial charge in [0, 0.05) is 29.7 Å². The third-order valence-corrected chi connectivity index (χ3v) is 4.88. The summed E-state index contributed by atoms with van der Waals surface area (Å²) >= 11 is 0. The zero-order chi connectivity index (χ0) is 17.0. The highest BCUT2D eigenvalue weighted by Crippen LogP contribution is 2.44. The van der Waals surface area contributed by atoms with Gasteiger partial charge in [0.15, 0.2) is 6.20 Å². The summed E-state index contributed by atoms with van der Waals surface area (Å²) in [4.78, 5) is 12.4. The van der Waals surface area contributed by atoms with E-state index in [0.717, 1.165) is 37.0 Å². The fraction of sp³-hybridized carbons (Fsp3) is 0.368. The highest BCUT2D eigenvalue weighted by Gasteiger charge is 2.38. The van der Waals surface area contributed by atoms with Crippen LogP contribution in [0.5, 0.6) is 5.75 Å². The molecule has 1 N–H and O–H groups in total. The monoisotopic (exact) mass is 326 g/mol. The number of hydrogen-bond donors (Lipinski definition) is 1. The van der Waals surface area contributed by atoms with Gasteiger partial charge in [0.25, 0.3) is 5.69 Å². The maximum absolute atomic E-state index is 12.4. The Morgan fingerprint density at radius 3 is 2.62 bits per heavy atom. The summed E-state index contributed by atoms with van der Waals surface area (Å²) in [6.07, 6.45) is 5.59. The number of benzene rings is 1. The van der Waals surface area contributed by atoms with E-state index in [4.69, 9.17) is 4.74 Å². The highest BCUT2D eigenvalue weighted by molar-refractivity contribution is 5.90. The van der Waals surface area contributed by atoms with Crippen molar-refractivity contribution in [2.45, 2.75) is 31.1 Å². The molecule has 0 atom stereocenters. The van der Waals surface area contributed by atoms with Crippen molar-refractivity contribution in [2.24, 2.45) is 0 Å². The van der Waals surface area contributed by atoms with Gasteiger partial charge >= 0.3 is 5.91 Å². The van der Waals surface area contributed by atoms with Gasteiger partial charge in [-0.3, -0.25) is 4.79 Å². The molecule has 0 saturated heterocycles. The molecule has 0 aliphatic heterocycles. The van der Waals surface area contributed by atoms with Crippen molar-refractivity contribution >= 4 is 5.91 Å². The minimum Gasteiger partial charge on any atom is -0.618 e. The third-order valence-electron chi connectivity index (χ3n) is 4.88. The number of pyridine rings is 1. The first-order valence-electron chi connectivity index (χ1n) is 8.26. The number of rotatable bonds is 5. The summed E-state index contributed by atoms with van der Waals surface area (Å²) in [6, 6.07) is 12.8. The lowest BCUT2D eigenvalue weighted by atomic mass is 9.78. The van der Waals surface area contributed by atoms with Gasteiger partial charge in [-0.05, 0) is 25.0 Å². The van der Waals surface area contributed by atoms with E-state index in [1.54, 1.807) is 19.2 Å². The molecule has 0 unspecified atom stereocenters. The zero-order valence-electron chi connectivity index (χ0n) is 13.8. The number of carbonyl (C=O) groups excluding carboxylic acids is 1. The van der Waals surface area contributed by atoms with Crippen molar-refractivity contribution in [1.29, 1.82) is 0 Å². The molecule has 5 heteroatoms. The SMILES string of the molecule is COc1ccccc1C1(CNC(=O)c2cccc[n+]2[O-])CCCC1. The topological polar surface area (TPSA) is 65.3 Å². The Kier molecular flexibility index (Phi) is 4.69. The van der Waals surface area contributed by atoms with Gasteiger partial charge in [-0.2, -0.15) is 4.73 Å². The van der Waals surface area contributed by atoms with Gasteiger partial charge in [-0.15, -0.1) is 0 Å². The van der Waals surface area contributed by atoms with Crippen molar-refractivity contribution in [3.63, 3.8) is 0 Å². The van der Waals surface area contributed by atoms with Gasteiger partial charge in [0.05, 0.1) is 7.11 Å². The number of hydrogen-bond acceptors (Lipinski definition) is 3. The number of nitrogens with one attached hydrogen (secondary N) is 1. The molecule has 1 amide bonds. The van der Waals surface area contributed by atoms with E-state index in [1.807, 2.05) is 18.2 Å². The van der Waals surface area contributed by atoms with Crippen molar-refractivity contribution in [2.75, 3.05) is 13.7 Å². The molecule has 1 heterocycles. The molecule has 0 radical (unpaired) electrons. The minimum atomic E-state index is -0.341. The summed E-state index contributed by atoms with van der Waals surface area (Å²) in [5, 5.41) is 14.7. The fourth-order valence-electron chi connectivity index (χ4n) is 3.62. The molecule has 1 aromatic heterocycles. The molecule has 0 bridgehead atoms. The number of nitrogens with zero attached hydrogens (tertiary/aromatic N) is 1. The summed E-state index contributed by atoms with van der Waals surface area (Å²) in [5.41, 5.74) is 1.11. The van der Waals surface area contributed by atoms with Crippen LogP contribution < -0.4 is 14.8 Å². The molecule has 126 valence electrons. The molecular formula is C19H22N2O3. The van der Waals surface area contributed by atoms with Crippen LogP contribution in [0.1, 0.15) is 41.7 Å². The van der Waals surface area contributed by atoms with E-state index in [1.165, 1.54) is 12.3 Å². The molecule has 1 aliphatic carbocycles. The average molecular weight is 326 g/mol. The second-order valence-electron chi connectivity index (χ2n) is 6.28. The average Bonchev–Trinajstić information content (AvgIpc) is 3.10. The lowest BCUT2D eigenvalue weighted by Crippen LogP contribution is -2.44. The smallest absolute Gasteiger partial charge is 0.317 e. The van der Waals surface area contributed by atoms with Crippen LogP contribution in [0.2, 0.25) is 0 Å². The van der Waals surface area contributed by atoms with Crippen LogP contribution in [0.15, 0.2) is 48.7 Å². The molecular weight excluding hydrogens is 304 g/mol.